The standard InChI is InChI=1S/C10H15BrN2O/c1-3-8(11)5-9-6-10(14-4-2)13-7-12-9/h6-8H,3-5H2,1-2H3. The van der Waals surface area contributed by atoms with Gasteiger partial charge in [0.05, 0.1) is 6.61 Å². The van der Waals surface area contributed by atoms with E-state index < -0.39 is 0 Å². The largest absolute Gasteiger partial charge is 0.478 e. The molecular formula is C10H15BrN2O. The second-order valence-corrected chi connectivity index (χ2v) is 4.29. The summed E-state index contributed by atoms with van der Waals surface area (Å²) < 4.78 is 5.30. The third-order valence-corrected chi connectivity index (χ3v) is 2.84. The average Bonchev–Trinajstić information content (AvgIpc) is 2.19. The summed E-state index contributed by atoms with van der Waals surface area (Å²) in [4.78, 5) is 8.68. The van der Waals surface area contributed by atoms with Crippen LogP contribution in [0.5, 0.6) is 5.88 Å². The van der Waals surface area contributed by atoms with E-state index >= 15 is 0 Å². The highest BCUT2D eigenvalue weighted by Gasteiger charge is 2.05. The molecule has 4 heteroatoms. The van der Waals surface area contributed by atoms with E-state index in [1.165, 1.54) is 0 Å². The van der Waals surface area contributed by atoms with E-state index in [-0.39, 0.29) is 0 Å². The number of aromatic nitrogens is 2. The number of halogens is 1. The first-order chi connectivity index (χ1) is 6.76. The lowest BCUT2D eigenvalue weighted by Gasteiger charge is -2.07. The average molecular weight is 259 g/mol. The van der Waals surface area contributed by atoms with Gasteiger partial charge in [0.15, 0.2) is 0 Å². The zero-order chi connectivity index (χ0) is 10.4. The molecule has 0 N–H and O–H groups in total. The van der Waals surface area contributed by atoms with Gasteiger partial charge in [-0.2, -0.15) is 0 Å². The Hall–Kier alpha value is -0.640. The second kappa shape index (κ2) is 5.96. The Morgan fingerprint density at radius 2 is 2.21 bits per heavy atom. The fourth-order valence-corrected chi connectivity index (χ4v) is 1.42. The Morgan fingerprint density at radius 1 is 1.43 bits per heavy atom. The smallest absolute Gasteiger partial charge is 0.216 e. The van der Waals surface area contributed by atoms with E-state index in [4.69, 9.17) is 4.74 Å². The summed E-state index contributed by atoms with van der Waals surface area (Å²) in [7, 11) is 0. The Kier molecular flexibility index (Phi) is 4.87. The normalized spacial score (nSPS) is 12.5. The molecule has 1 heterocycles. The Balaban J connectivity index is 2.63. The van der Waals surface area contributed by atoms with Gasteiger partial charge in [0, 0.05) is 23.0 Å². The maximum Gasteiger partial charge on any atom is 0.216 e. The minimum absolute atomic E-state index is 0.479. The molecule has 0 aliphatic rings. The summed E-state index contributed by atoms with van der Waals surface area (Å²) in [6.45, 7) is 4.73. The highest BCUT2D eigenvalue weighted by atomic mass is 79.9. The fraction of sp³-hybridized carbons (Fsp3) is 0.600. The van der Waals surface area contributed by atoms with Gasteiger partial charge in [0.1, 0.15) is 6.33 Å². The number of hydrogen-bond acceptors (Lipinski definition) is 3. The third kappa shape index (κ3) is 3.62. The molecule has 0 aromatic carbocycles. The second-order valence-electron chi connectivity index (χ2n) is 2.99. The summed E-state index contributed by atoms with van der Waals surface area (Å²) in [6, 6.07) is 1.90. The predicted octanol–water partition coefficient (Wildman–Crippen LogP) is 2.59. The molecule has 1 atom stereocenters. The summed E-state index contributed by atoms with van der Waals surface area (Å²) in [5.41, 5.74) is 1.02. The van der Waals surface area contributed by atoms with E-state index in [2.05, 4.69) is 32.8 Å². The van der Waals surface area contributed by atoms with Gasteiger partial charge in [-0.05, 0) is 13.3 Å². The minimum atomic E-state index is 0.479. The highest BCUT2D eigenvalue weighted by molar-refractivity contribution is 9.09. The zero-order valence-electron chi connectivity index (χ0n) is 8.53. The molecule has 1 aromatic rings. The van der Waals surface area contributed by atoms with Crippen LogP contribution in [0.2, 0.25) is 0 Å². The topological polar surface area (TPSA) is 35.0 Å². The van der Waals surface area contributed by atoms with Gasteiger partial charge in [-0.25, -0.2) is 9.97 Å². The number of alkyl halides is 1. The molecule has 3 nitrogen and oxygen atoms in total. The van der Waals surface area contributed by atoms with Crippen molar-refractivity contribution >= 4 is 15.9 Å². The van der Waals surface area contributed by atoms with Crippen molar-refractivity contribution in [2.24, 2.45) is 0 Å². The molecule has 0 aliphatic heterocycles. The molecule has 0 saturated carbocycles. The number of nitrogens with zero attached hydrogens (tertiary/aromatic N) is 2. The molecule has 0 bridgehead atoms. The molecule has 14 heavy (non-hydrogen) atoms. The van der Waals surface area contributed by atoms with Crippen molar-refractivity contribution in [1.82, 2.24) is 9.97 Å². The minimum Gasteiger partial charge on any atom is -0.478 e. The SMILES string of the molecule is CCOc1cc(CC(Br)CC)ncn1. The van der Waals surface area contributed by atoms with Crippen LogP contribution < -0.4 is 4.74 Å². The summed E-state index contributed by atoms with van der Waals surface area (Å²) in [5.74, 6) is 0.660. The van der Waals surface area contributed by atoms with Crippen LogP contribution in [0.15, 0.2) is 12.4 Å². The molecule has 0 aliphatic carbocycles. The van der Waals surface area contributed by atoms with Gasteiger partial charge in [-0.15, -0.1) is 0 Å². The van der Waals surface area contributed by atoms with Crippen LogP contribution in [0.4, 0.5) is 0 Å². The van der Waals surface area contributed by atoms with Crippen LogP contribution in [0.25, 0.3) is 0 Å². The lowest BCUT2D eigenvalue weighted by Crippen LogP contribution is -2.04. The lowest BCUT2D eigenvalue weighted by molar-refractivity contribution is 0.325. The van der Waals surface area contributed by atoms with Crippen molar-refractivity contribution in [2.45, 2.75) is 31.5 Å². The number of rotatable bonds is 5. The first kappa shape index (κ1) is 11.4. The first-order valence-electron chi connectivity index (χ1n) is 4.84. The maximum absolute atomic E-state index is 5.30. The Labute approximate surface area is 93.0 Å². The van der Waals surface area contributed by atoms with Crippen molar-refractivity contribution in [3.63, 3.8) is 0 Å². The molecule has 0 spiro atoms. The van der Waals surface area contributed by atoms with E-state index in [0.29, 0.717) is 17.3 Å². The summed E-state index contributed by atoms with van der Waals surface area (Å²) in [6.07, 6.45) is 3.56. The van der Waals surface area contributed by atoms with Gasteiger partial charge in [-0.1, -0.05) is 22.9 Å². The first-order valence-corrected chi connectivity index (χ1v) is 5.75. The molecule has 0 radical (unpaired) electrons. The van der Waals surface area contributed by atoms with Crippen molar-refractivity contribution in [3.8, 4) is 5.88 Å². The van der Waals surface area contributed by atoms with Crippen LogP contribution in [0.3, 0.4) is 0 Å². The molecule has 1 aromatic heterocycles. The molecule has 1 rings (SSSR count). The van der Waals surface area contributed by atoms with E-state index in [1.807, 2.05) is 13.0 Å². The number of ether oxygens (including phenoxy) is 1. The summed E-state index contributed by atoms with van der Waals surface area (Å²) in [5, 5.41) is 0. The van der Waals surface area contributed by atoms with Crippen LogP contribution in [-0.4, -0.2) is 21.4 Å². The van der Waals surface area contributed by atoms with Gasteiger partial charge < -0.3 is 4.74 Å². The van der Waals surface area contributed by atoms with Crippen molar-refractivity contribution < 1.29 is 4.74 Å². The van der Waals surface area contributed by atoms with Crippen LogP contribution in [0, 0.1) is 0 Å². The lowest BCUT2D eigenvalue weighted by atomic mass is 10.2. The molecule has 0 amide bonds. The quantitative estimate of drug-likeness (QED) is 0.762. The van der Waals surface area contributed by atoms with E-state index in [0.717, 1.165) is 18.5 Å². The van der Waals surface area contributed by atoms with Crippen molar-refractivity contribution in [2.75, 3.05) is 6.61 Å². The van der Waals surface area contributed by atoms with Crippen LogP contribution in [-0.2, 0) is 6.42 Å². The van der Waals surface area contributed by atoms with Gasteiger partial charge in [0.25, 0.3) is 0 Å². The highest BCUT2D eigenvalue weighted by Crippen LogP contribution is 2.14. The molecule has 0 saturated heterocycles. The maximum atomic E-state index is 5.30. The summed E-state index contributed by atoms with van der Waals surface area (Å²) >= 11 is 3.58. The monoisotopic (exact) mass is 258 g/mol. The van der Waals surface area contributed by atoms with Gasteiger partial charge >= 0.3 is 0 Å². The van der Waals surface area contributed by atoms with E-state index in [1.54, 1.807) is 6.33 Å². The van der Waals surface area contributed by atoms with Crippen LogP contribution >= 0.6 is 15.9 Å². The van der Waals surface area contributed by atoms with E-state index in [9.17, 15) is 0 Å². The van der Waals surface area contributed by atoms with Crippen LogP contribution in [0.1, 0.15) is 26.0 Å². The van der Waals surface area contributed by atoms with Gasteiger partial charge in [-0.3, -0.25) is 0 Å². The predicted molar refractivity (Wildman–Crippen MR) is 59.9 cm³/mol. The number of hydrogen-bond donors (Lipinski definition) is 0. The Morgan fingerprint density at radius 3 is 2.86 bits per heavy atom. The van der Waals surface area contributed by atoms with Gasteiger partial charge in [0.2, 0.25) is 5.88 Å². The molecule has 0 fully saturated rings. The molecule has 1 unspecified atom stereocenters. The molecular weight excluding hydrogens is 244 g/mol. The molecule has 78 valence electrons. The van der Waals surface area contributed by atoms with Crippen molar-refractivity contribution in [3.05, 3.63) is 18.1 Å². The zero-order valence-corrected chi connectivity index (χ0v) is 10.1. The fourth-order valence-electron chi connectivity index (χ4n) is 1.09. The third-order valence-electron chi connectivity index (χ3n) is 1.86. The Bertz CT molecular complexity index is 281. The van der Waals surface area contributed by atoms with Crippen molar-refractivity contribution in [1.29, 1.82) is 0 Å².